The molecule has 1 N–H and O–H groups in total. The molecule has 0 heterocycles. The van der Waals surface area contributed by atoms with Gasteiger partial charge < -0.3 is 14.6 Å². The second-order valence-corrected chi connectivity index (χ2v) is 6.29. The molecule has 24 heavy (non-hydrogen) atoms. The number of aliphatic hydroxyl groups is 1. The summed E-state index contributed by atoms with van der Waals surface area (Å²) in [6.45, 7) is 7.29. The first-order valence-electron chi connectivity index (χ1n) is 8.41. The fraction of sp³-hybridized carbons (Fsp3) is 0.938. The Hall–Kier alpha value is -0.930. The van der Waals surface area contributed by atoms with Crippen molar-refractivity contribution in [2.75, 3.05) is 20.0 Å². The van der Waals surface area contributed by atoms with Crippen molar-refractivity contribution in [1.82, 2.24) is 0 Å². The highest BCUT2D eigenvalue weighted by Crippen LogP contribution is 2.08. The lowest BCUT2D eigenvalue weighted by molar-refractivity contribution is -0.441. The second-order valence-electron chi connectivity index (χ2n) is 6.29. The summed E-state index contributed by atoms with van der Waals surface area (Å²) in [7, 11) is 0. The molecule has 144 valence electrons. The fourth-order valence-electron chi connectivity index (χ4n) is 1.66. The third-order valence-corrected chi connectivity index (χ3v) is 2.69. The molecule has 8 nitrogen and oxygen atoms in total. The van der Waals surface area contributed by atoms with Gasteiger partial charge in [-0.05, 0) is 27.2 Å². The lowest BCUT2D eigenvalue weighted by atomic mass is 10.1. The zero-order valence-corrected chi connectivity index (χ0v) is 15.2. The quantitative estimate of drug-likeness (QED) is 0.167. The van der Waals surface area contributed by atoms with Crippen LogP contribution in [0.15, 0.2) is 0 Å². The summed E-state index contributed by atoms with van der Waals surface area (Å²) < 4.78 is 10.1. The maximum absolute atomic E-state index is 11.1. The summed E-state index contributed by atoms with van der Waals surface area (Å²) in [5.74, 6) is 0. The van der Waals surface area contributed by atoms with Gasteiger partial charge in [0.05, 0.1) is 0 Å². The molecule has 0 radical (unpaired) electrons. The average Bonchev–Trinajstić information content (AvgIpc) is 2.47. The third-order valence-electron chi connectivity index (χ3n) is 2.69. The predicted octanol–water partition coefficient (Wildman–Crippen LogP) is 3.47. The van der Waals surface area contributed by atoms with Crippen LogP contribution in [0.1, 0.15) is 66.2 Å². The van der Waals surface area contributed by atoms with Crippen molar-refractivity contribution in [2.45, 2.75) is 78.1 Å². The van der Waals surface area contributed by atoms with Crippen molar-refractivity contribution < 1.29 is 38.9 Å². The van der Waals surface area contributed by atoms with Crippen LogP contribution in [0.4, 0.5) is 4.79 Å². The van der Waals surface area contributed by atoms with E-state index in [1.54, 1.807) is 20.8 Å². The molecule has 8 heteroatoms. The van der Waals surface area contributed by atoms with E-state index in [0.717, 1.165) is 12.8 Å². The monoisotopic (exact) mass is 352 g/mol. The van der Waals surface area contributed by atoms with Gasteiger partial charge in [0.15, 0.2) is 0 Å². The summed E-state index contributed by atoms with van der Waals surface area (Å²) in [6, 6.07) is 0. The van der Waals surface area contributed by atoms with Crippen LogP contribution in [-0.4, -0.2) is 43.2 Å². The Morgan fingerprint density at radius 3 is 2.38 bits per heavy atom. The summed E-state index contributed by atoms with van der Waals surface area (Å²) in [5, 5.41) is 9.42. The molecule has 0 bridgehead atoms. The standard InChI is InChI=1S/C16H32O8/c1-5-6-7-8-9-10-11-19-12-14(17)23-20-13-21-24-15(18)22-16(2,3)4/h14,17H,5-13H2,1-4H3. The first-order valence-corrected chi connectivity index (χ1v) is 8.41. The molecular formula is C16H32O8. The van der Waals surface area contributed by atoms with E-state index < -0.39 is 24.8 Å². The fourth-order valence-corrected chi connectivity index (χ4v) is 1.66. The van der Waals surface area contributed by atoms with Crippen molar-refractivity contribution in [3.05, 3.63) is 0 Å². The zero-order valence-electron chi connectivity index (χ0n) is 15.2. The SMILES string of the molecule is CCCCCCCCOCC(O)OOCOOC(=O)OC(C)(C)C. The minimum absolute atomic E-state index is 0.0120. The van der Waals surface area contributed by atoms with Gasteiger partial charge in [-0.2, -0.15) is 4.89 Å². The molecule has 0 aliphatic heterocycles. The van der Waals surface area contributed by atoms with Gasteiger partial charge in [-0.15, -0.1) is 4.89 Å². The van der Waals surface area contributed by atoms with Crippen LogP contribution in [-0.2, 0) is 29.0 Å². The first kappa shape index (κ1) is 23.1. The van der Waals surface area contributed by atoms with Crippen LogP contribution < -0.4 is 0 Å². The van der Waals surface area contributed by atoms with Crippen molar-refractivity contribution in [1.29, 1.82) is 0 Å². The first-order chi connectivity index (χ1) is 11.3. The van der Waals surface area contributed by atoms with Crippen LogP contribution in [0.5, 0.6) is 0 Å². The Bertz CT molecular complexity index is 303. The van der Waals surface area contributed by atoms with Crippen LogP contribution in [0.25, 0.3) is 0 Å². The van der Waals surface area contributed by atoms with Gasteiger partial charge in [-0.1, -0.05) is 39.0 Å². The Balaban J connectivity index is 3.35. The molecule has 0 fully saturated rings. The molecular weight excluding hydrogens is 320 g/mol. The van der Waals surface area contributed by atoms with Gasteiger partial charge in [-0.3, -0.25) is 4.89 Å². The molecule has 0 aromatic carbocycles. The Labute approximate surface area is 144 Å². The van der Waals surface area contributed by atoms with E-state index in [1.165, 1.54) is 25.7 Å². The molecule has 0 spiro atoms. The Morgan fingerprint density at radius 1 is 1.04 bits per heavy atom. The molecule has 0 saturated carbocycles. The number of carbonyl (C=O) groups excluding carboxylic acids is 1. The van der Waals surface area contributed by atoms with Gasteiger partial charge in [0, 0.05) is 6.61 Å². The van der Waals surface area contributed by atoms with E-state index in [0.29, 0.717) is 6.61 Å². The van der Waals surface area contributed by atoms with E-state index in [4.69, 9.17) is 9.47 Å². The minimum Gasteiger partial charge on any atom is -0.427 e. The van der Waals surface area contributed by atoms with E-state index in [1.807, 2.05) is 0 Å². The van der Waals surface area contributed by atoms with Crippen molar-refractivity contribution in [2.24, 2.45) is 0 Å². The molecule has 0 amide bonds. The molecule has 1 unspecified atom stereocenters. The molecule has 0 aromatic rings. The maximum Gasteiger partial charge on any atom is 0.541 e. The largest absolute Gasteiger partial charge is 0.541 e. The smallest absolute Gasteiger partial charge is 0.427 e. The van der Waals surface area contributed by atoms with Crippen LogP contribution in [0, 0.1) is 0 Å². The molecule has 0 rings (SSSR count). The number of hydrogen-bond acceptors (Lipinski definition) is 8. The molecule has 0 aromatic heterocycles. The van der Waals surface area contributed by atoms with E-state index >= 15 is 0 Å². The molecule has 0 aliphatic carbocycles. The minimum atomic E-state index is -1.24. The van der Waals surface area contributed by atoms with Crippen molar-refractivity contribution >= 4 is 6.16 Å². The lowest BCUT2D eigenvalue weighted by Gasteiger charge is -2.17. The summed E-state index contributed by atoms with van der Waals surface area (Å²) in [5.41, 5.74) is -0.679. The molecule has 0 saturated heterocycles. The number of unbranched alkanes of at least 4 members (excludes halogenated alkanes) is 5. The lowest BCUT2D eigenvalue weighted by Crippen LogP contribution is -2.25. The zero-order chi connectivity index (χ0) is 18.3. The molecule has 1 atom stereocenters. The van der Waals surface area contributed by atoms with Gasteiger partial charge >= 0.3 is 6.16 Å². The normalized spacial score (nSPS) is 12.9. The second kappa shape index (κ2) is 14.4. The topological polar surface area (TPSA) is 92.7 Å². The average molecular weight is 352 g/mol. The highest BCUT2D eigenvalue weighted by molar-refractivity contribution is 5.59. The molecule has 0 aliphatic rings. The number of aliphatic hydroxyl groups excluding tert-OH is 1. The van der Waals surface area contributed by atoms with Crippen molar-refractivity contribution in [3.63, 3.8) is 0 Å². The number of ether oxygens (including phenoxy) is 2. The van der Waals surface area contributed by atoms with E-state index in [2.05, 4.69) is 26.5 Å². The number of carbonyl (C=O) groups is 1. The van der Waals surface area contributed by atoms with E-state index in [9.17, 15) is 9.90 Å². The number of rotatable bonds is 14. The van der Waals surface area contributed by atoms with Gasteiger partial charge in [0.25, 0.3) is 0 Å². The van der Waals surface area contributed by atoms with Crippen LogP contribution >= 0.6 is 0 Å². The van der Waals surface area contributed by atoms with Gasteiger partial charge in [-0.25, -0.2) is 9.68 Å². The highest BCUT2D eigenvalue weighted by atomic mass is 17.3. The van der Waals surface area contributed by atoms with Gasteiger partial charge in [0.2, 0.25) is 13.1 Å². The Morgan fingerprint density at radius 2 is 1.71 bits per heavy atom. The number of hydrogen-bond donors (Lipinski definition) is 1. The maximum atomic E-state index is 11.1. The van der Waals surface area contributed by atoms with E-state index in [-0.39, 0.29) is 6.61 Å². The predicted molar refractivity (Wildman–Crippen MR) is 85.6 cm³/mol. The van der Waals surface area contributed by atoms with Crippen LogP contribution in [0.2, 0.25) is 0 Å². The van der Waals surface area contributed by atoms with Crippen LogP contribution in [0.3, 0.4) is 0 Å². The Kier molecular flexibility index (Phi) is 13.9. The van der Waals surface area contributed by atoms with Crippen molar-refractivity contribution in [3.8, 4) is 0 Å². The highest BCUT2D eigenvalue weighted by Gasteiger charge is 2.18. The summed E-state index contributed by atoms with van der Waals surface area (Å²) in [4.78, 5) is 28.9. The third kappa shape index (κ3) is 17.4. The van der Waals surface area contributed by atoms with Gasteiger partial charge in [0.1, 0.15) is 12.2 Å². The summed E-state index contributed by atoms with van der Waals surface area (Å²) in [6.07, 6.45) is 4.78. The summed E-state index contributed by atoms with van der Waals surface area (Å²) >= 11 is 0.